The second kappa shape index (κ2) is 5.59. The summed E-state index contributed by atoms with van der Waals surface area (Å²) in [6, 6.07) is 14.7. The highest BCUT2D eigenvalue weighted by Gasteiger charge is 2.04. The van der Waals surface area contributed by atoms with Crippen LogP contribution in [0.4, 0.5) is 10.1 Å². The molecule has 2 nitrogen and oxygen atoms in total. The van der Waals surface area contributed by atoms with Gasteiger partial charge in [-0.25, -0.2) is 4.39 Å². The van der Waals surface area contributed by atoms with Crippen LogP contribution in [0.2, 0.25) is 0 Å². The molecule has 0 unspecified atom stereocenters. The summed E-state index contributed by atoms with van der Waals surface area (Å²) in [6.45, 7) is 0.434. The average molecular weight is 331 g/mol. The summed E-state index contributed by atoms with van der Waals surface area (Å²) in [5.74, 6) is -0.198. The second-order valence-electron chi connectivity index (χ2n) is 4.48. The van der Waals surface area contributed by atoms with Crippen LogP contribution in [0.15, 0.2) is 59.2 Å². The minimum atomic E-state index is -0.198. The van der Waals surface area contributed by atoms with E-state index in [9.17, 15) is 4.39 Å². The lowest BCUT2D eigenvalue weighted by Gasteiger charge is -2.10. The van der Waals surface area contributed by atoms with Crippen molar-refractivity contribution in [1.82, 2.24) is 4.98 Å². The lowest BCUT2D eigenvalue weighted by atomic mass is 10.1. The van der Waals surface area contributed by atoms with E-state index in [1.165, 1.54) is 6.07 Å². The molecule has 1 aromatic heterocycles. The van der Waals surface area contributed by atoms with Gasteiger partial charge in [-0.1, -0.05) is 30.3 Å². The van der Waals surface area contributed by atoms with Crippen LogP contribution in [-0.4, -0.2) is 4.98 Å². The third-order valence-corrected chi connectivity index (χ3v) is 3.54. The minimum absolute atomic E-state index is 0.198. The van der Waals surface area contributed by atoms with Crippen LogP contribution in [0.25, 0.3) is 10.9 Å². The van der Waals surface area contributed by atoms with Gasteiger partial charge in [0.1, 0.15) is 5.82 Å². The number of halogens is 2. The summed E-state index contributed by atoms with van der Waals surface area (Å²) in [5, 5.41) is 4.29. The maximum absolute atomic E-state index is 13.6. The monoisotopic (exact) mass is 330 g/mol. The zero-order valence-corrected chi connectivity index (χ0v) is 12.2. The number of pyridine rings is 1. The van der Waals surface area contributed by atoms with Crippen molar-refractivity contribution in [2.24, 2.45) is 0 Å². The molecule has 0 aliphatic rings. The van der Waals surface area contributed by atoms with Crippen LogP contribution >= 0.6 is 15.9 Å². The fourth-order valence-electron chi connectivity index (χ4n) is 2.11. The summed E-state index contributed by atoms with van der Waals surface area (Å²) in [4.78, 5) is 4.41. The Kier molecular flexibility index (Phi) is 3.65. The number of nitrogens with zero attached hydrogens (tertiary/aromatic N) is 1. The molecular weight excluding hydrogens is 319 g/mol. The summed E-state index contributed by atoms with van der Waals surface area (Å²) < 4.78 is 14.5. The fourth-order valence-corrected chi connectivity index (χ4v) is 2.46. The van der Waals surface area contributed by atoms with Gasteiger partial charge in [-0.3, -0.25) is 4.98 Å². The van der Waals surface area contributed by atoms with Crippen molar-refractivity contribution in [2.45, 2.75) is 6.54 Å². The minimum Gasteiger partial charge on any atom is -0.379 e. The molecule has 0 saturated heterocycles. The van der Waals surface area contributed by atoms with Gasteiger partial charge in [0.2, 0.25) is 0 Å². The zero-order valence-electron chi connectivity index (χ0n) is 10.6. The van der Waals surface area contributed by atoms with Crippen LogP contribution in [0.3, 0.4) is 0 Å². The highest BCUT2D eigenvalue weighted by atomic mass is 79.9. The van der Waals surface area contributed by atoms with E-state index in [2.05, 4.69) is 26.2 Å². The van der Waals surface area contributed by atoms with Crippen LogP contribution in [-0.2, 0) is 6.54 Å². The predicted octanol–water partition coefficient (Wildman–Crippen LogP) is 4.75. The third kappa shape index (κ3) is 2.65. The van der Waals surface area contributed by atoms with Crippen molar-refractivity contribution in [3.8, 4) is 0 Å². The fraction of sp³-hybridized carbons (Fsp3) is 0.0625. The highest BCUT2D eigenvalue weighted by Crippen LogP contribution is 2.24. The molecule has 20 heavy (non-hydrogen) atoms. The number of nitrogens with one attached hydrogen (secondary N) is 1. The Balaban J connectivity index is 1.90. The Labute approximate surface area is 124 Å². The van der Waals surface area contributed by atoms with Crippen molar-refractivity contribution in [3.63, 3.8) is 0 Å². The van der Waals surface area contributed by atoms with Gasteiger partial charge in [-0.15, -0.1) is 0 Å². The molecule has 1 N–H and O–H groups in total. The smallest absolute Gasteiger partial charge is 0.128 e. The van der Waals surface area contributed by atoms with Crippen molar-refractivity contribution in [3.05, 3.63) is 70.6 Å². The van der Waals surface area contributed by atoms with Gasteiger partial charge in [0.05, 0.1) is 11.2 Å². The Bertz CT molecular complexity index is 758. The molecule has 0 bridgehead atoms. The topological polar surface area (TPSA) is 24.9 Å². The Morgan fingerprint density at radius 2 is 1.95 bits per heavy atom. The summed E-state index contributed by atoms with van der Waals surface area (Å²) in [5.41, 5.74) is 2.42. The Morgan fingerprint density at radius 1 is 1.10 bits per heavy atom. The average Bonchev–Trinajstić information content (AvgIpc) is 2.46. The standard InChI is InChI=1S/C16H12BrFN2/c17-13-8-11-5-3-7-15(16(11)20-10-13)19-9-12-4-1-2-6-14(12)18/h1-8,10,19H,9H2. The normalized spacial score (nSPS) is 10.7. The Hall–Kier alpha value is -1.94. The SMILES string of the molecule is Fc1ccccc1CNc1cccc2cc(Br)cnc12. The summed E-state index contributed by atoms with van der Waals surface area (Å²) in [6.07, 6.45) is 1.76. The third-order valence-electron chi connectivity index (χ3n) is 3.10. The van der Waals surface area contributed by atoms with E-state index in [1.54, 1.807) is 18.3 Å². The molecule has 3 rings (SSSR count). The van der Waals surface area contributed by atoms with Gasteiger partial charge in [0.15, 0.2) is 0 Å². The van der Waals surface area contributed by atoms with E-state index in [4.69, 9.17) is 0 Å². The number of hydrogen-bond donors (Lipinski definition) is 1. The highest BCUT2D eigenvalue weighted by molar-refractivity contribution is 9.10. The van der Waals surface area contributed by atoms with E-state index >= 15 is 0 Å². The quantitative estimate of drug-likeness (QED) is 0.749. The second-order valence-corrected chi connectivity index (χ2v) is 5.39. The molecule has 100 valence electrons. The maximum Gasteiger partial charge on any atom is 0.128 e. The number of fused-ring (bicyclic) bond motifs is 1. The van der Waals surface area contributed by atoms with Gasteiger partial charge in [-0.2, -0.15) is 0 Å². The number of rotatable bonds is 3. The van der Waals surface area contributed by atoms with E-state index in [1.807, 2.05) is 30.3 Å². The van der Waals surface area contributed by atoms with E-state index < -0.39 is 0 Å². The first kappa shape index (κ1) is 13.1. The van der Waals surface area contributed by atoms with Gasteiger partial charge in [-0.05, 0) is 34.1 Å². The van der Waals surface area contributed by atoms with E-state index in [-0.39, 0.29) is 5.82 Å². The maximum atomic E-state index is 13.6. The van der Waals surface area contributed by atoms with Crippen LogP contribution in [0.1, 0.15) is 5.56 Å². The molecular formula is C16H12BrFN2. The zero-order chi connectivity index (χ0) is 13.9. The number of para-hydroxylation sites is 1. The first-order valence-corrected chi connectivity index (χ1v) is 7.05. The van der Waals surface area contributed by atoms with Gasteiger partial charge < -0.3 is 5.32 Å². The van der Waals surface area contributed by atoms with Crippen molar-refractivity contribution in [2.75, 3.05) is 5.32 Å². The first-order chi connectivity index (χ1) is 9.74. The van der Waals surface area contributed by atoms with Crippen molar-refractivity contribution >= 4 is 32.5 Å². The molecule has 0 aliphatic heterocycles. The van der Waals surface area contributed by atoms with E-state index in [0.717, 1.165) is 21.1 Å². The largest absolute Gasteiger partial charge is 0.379 e. The van der Waals surface area contributed by atoms with Crippen molar-refractivity contribution < 1.29 is 4.39 Å². The van der Waals surface area contributed by atoms with Crippen LogP contribution < -0.4 is 5.32 Å². The number of aromatic nitrogens is 1. The number of benzene rings is 2. The molecule has 0 aliphatic carbocycles. The molecule has 2 aromatic carbocycles. The van der Waals surface area contributed by atoms with Crippen LogP contribution in [0.5, 0.6) is 0 Å². The predicted molar refractivity (Wildman–Crippen MR) is 83.2 cm³/mol. The molecule has 3 aromatic rings. The lowest BCUT2D eigenvalue weighted by Crippen LogP contribution is -2.02. The number of anilines is 1. The first-order valence-electron chi connectivity index (χ1n) is 6.25. The molecule has 0 saturated carbocycles. The molecule has 0 amide bonds. The van der Waals surface area contributed by atoms with E-state index in [0.29, 0.717) is 12.1 Å². The molecule has 0 radical (unpaired) electrons. The number of hydrogen-bond acceptors (Lipinski definition) is 2. The van der Waals surface area contributed by atoms with Crippen LogP contribution in [0, 0.1) is 5.82 Å². The lowest BCUT2D eigenvalue weighted by molar-refractivity contribution is 0.613. The van der Waals surface area contributed by atoms with Gasteiger partial charge in [0.25, 0.3) is 0 Å². The summed E-state index contributed by atoms with van der Waals surface area (Å²) in [7, 11) is 0. The molecule has 0 atom stereocenters. The molecule has 4 heteroatoms. The summed E-state index contributed by atoms with van der Waals surface area (Å²) >= 11 is 3.41. The Morgan fingerprint density at radius 3 is 2.80 bits per heavy atom. The van der Waals surface area contributed by atoms with Crippen molar-refractivity contribution in [1.29, 1.82) is 0 Å². The van der Waals surface area contributed by atoms with Gasteiger partial charge >= 0.3 is 0 Å². The molecule has 0 spiro atoms. The molecule has 0 fully saturated rings. The van der Waals surface area contributed by atoms with Gasteiger partial charge in [0, 0.05) is 28.2 Å². The molecule has 1 heterocycles.